The van der Waals surface area contributed by atoms with E-state index in [-0.39, 0.29) is 11.8 Å². The first kappa shape index (κ1) is 21.1. The lowest BCUT2D eigenvalue weighted by Crippen LogP contribution is -2.29. The summed E-state index contributed by atoms with van der Waals surface area (Å²) in [5.74, 6) is 0.942. The average molecular weight is 419 g/mol. The fourth-order valence-electron chi connectivity index (χ4n) is 4.08. The summed E-state index contributed by atoms with van der Waals surface area (Å²) < 4.78 is 7.44. The van der Waals surface area contributed by atoms with Crippen molar-refractivity contribution in [2.75, 3.05) is 25.0 Å². The predicted molar refractivity (Wildman–Crippen MR) is 123 cm³/mol. The SMILES string of the molecule is CCOc1ccc(NC(=O)c2cnn(-c3ccc(C)c(C)c3)c2C2CCNCC2)cc1. The van der Waals surface area contributed by atoms with Crippen molar-refractivity contribution < 1.29 is 9.53 Å². The van der Waals surface area contributed by atoms with E-state index in [0.29, 0.717) is 12.2 Å². The van der Waals surface area contributed by atoms with Gasteiger partial charge < -0.3 is 15.4 Å². The maximum absolute atomic E-state index is 13.2. The largest absolute Gasteiger partial charge is 0.494 e. The van der Waals surface area contributed by atoms with Crippen LogP contribution in [0.2, 0.25) is 0 Å². The summed E-state index contributed by atoms with van der Waals surface area (Å²) in [7, 11) is 0. The van der Waals surface area contributed by atoms with Crippen molar-refractivity contribution in [3.05, 3.63) is 71.0 Å². The molecule has 1 aliphatic rings. The number of aryl methyl sites for hydroxylation is 2. The van der Waals surface area contributed by atoms with Gasteiger partial charge in [0, 0.05) is 11.6 Å². The van der Waals surface area contributed by atoms with Crippen LogP contribution in [0.25, 0.3) is 5.69 Å². The van der Waals surface area contributed by atoms with Gasteiger partial charge in [-0.25, -0.2) is 4.68 Å². The van der Waals surface area contributed by atoms with Crippen molar-refractivity contribution in [2.24, 2.45) is 0 Å². The third kappa shape index (κ3) is 4.64. The summed E-state index contributed by atoms with van der Waals surface area (Å²) in [5, 5.41) is 11.1. The highest BCUT2D eigenvalue weighted by Crippen LogP contribution is 2.31. The molecule has 0 radical (unpaired) electrons. The molecule has 1 saturated heterocycles. The van der Waals surface area contributed by atoms with E-state index < -0.39 is 0 Å². The first-order chi connectivity index (χ1) is 15.1. The molecular weight excluding hydrogens is 388 g/mol. The molecule has 0 saturated carbocycles. The molecule has 4 rings (SSSR count). The van der Waals surface area contributed by atoms with E-state index in [4.69, 9.17) is 4.74 Å². The first-order valence-corrected chi connectivity index (χ1v) is 11.0. The van der Waals surface area contributed by atoms with Gasteiger partial charge in [-0.1, -0.05) is 6.07 Å². The lowest BCUT2D eigenvalue weighted by Gasteiger charge is -2.25. The normalized spacial score (nSPS) is 14.4. The van der Waals surface area contributed by atoms with Crippen molar-refractivity contribution in [1.29, 1.82) is 0 Å². The molecular formula is C25H30N4O2. The molecule has 1 aliphatic heterocycles. The van der Waals surface area contributed by atoms with Crippen LogP contribution in [0.3, 0.4) is 0 Å². The van der Waals surface area contributed by atoms with Crippen LogP contribution >= 0.6 is 0 Å². The Kier molecular flexibility index (Phi) is 6.37. The highest BCUT2D eigenvalue weighted by atomic mass is 16.5. The molecule has 6 heteroatoms. The second-order valence-corrected chi connectivity index (χ2v) is 8.06. The Morgan fingerprint density at radius 3 is 2.55 bits per heavy atom. The van der Waals surface area contributed by atoms with E-state index in [2.05, 4.69) is 47.8 Å². The lowest BCUT2D eigenvalue weighted by molar-refractivity contribution is 0.102. The molecule has 1 aromatic heterocycles. The number of carbonyl (C=O) groups is 1. The Morgan fingerprint density at radius 1 is 1.13 bits per heavy atom. The number of nitrogens with zero attached hydrogens (tertiary/aromatic N) is 2. The van der Waals surface area contributed by atoms with Crippen LogP contribution in [0, 0.1) is 13.8 Å². The fourth-order valence-corrected chi connectivity index (χ4v) is 4.08. The molecule has 2 heterocycles. The van der Waals surface area contributed by atoms with Crippen LogP contribution in [0.15, 0.2) is 48.7 Å². The number of hydrogen-bond donors (Lipinski definition) is 2. The first-order valence-electron chi connectivity index (χ1n) is 11.0. The quantitative estimate of drug-likeness (QED) is 0.614. The molecule has 162 valence electrons. The van der Waals surface area contributed by atoms with Gasteiger partial charge in [-0.2, -0.15) is 5.10 Å². The van der Waals surface area contributed by atoms with Gasteiger partial charge in [-0.15, -0.1) is 0 Å². The zero-order valence-electron chi connectivity index (χ0n) is 18.4. The third-order valence-corrected chi connectivity index (χ3v) is 5.94. The summed E-state index contributed by atoms with van der Waals surface area (Å²) in [6.45, 7) is 8.66. The highest BCUT2D eigenvalue weighted by molar-refractivity contribution is 6.05. The van der Waals surface area contributed by atoms with Crippen molar-refractivity contribution >= 4 is 11.6 Å². The van der Waals surface area contributed by atoms with Gasteiger partial charge in [0.25, 0.3) is 5.91 Å². The van der Waals surface area contributed by atoms with Gasteiger partial charge in [0.05, 0.1) is 29.7 Å². The summed E-state index contributed by atoms with van der Waals surface area (Å²) in [5.41, 5.74) is 5.82. The van der Waals surface area contributed by atoms with Crippen LogP contribution in [0.5, 0.6) is 5.75 Å². The minimum absolute atomic E-state index is 0.132. The molecule has 3 aromatic rings. The number of nitrogens with one attached hydrogen (secondary N) is 2. The van der Waals surface area contributed by atoms with E-state index in [1.807, 2.05) is 35.9 Å². The summed E-state index contributed by atoms with van der Waals surface area (Å²) >= 11 is 0. The van der Waals surface area contributed by atoms with Gasteiger partial charge in [0.1, 0.15) is 5.75 Å². The van der Waals surface area contributed by atoms with Gasteiger partial charge in [0.15, 0.2) is 0 Å². The van der Waals surface area contributed by atoms with Crippen molar-refractivity contribution in [3.63, 3.8) is 0 Å². The minimum Gasteiger partial charge on any atom is -0.494 e. The summed E-state index contributed by atoms with van der Waals surface area (Å²) in [6, 6.07) is 13.8. The maximum atomic E-state index is 13.2. The number of carbonyl (C=O) groups excluding carboxylic acids is 1. The molecule has 0 unspecified atom stereocenters. The number of ether oxygens (including phenoxy) is 1. The Labute approximate surface area is 183 Å². The Hall–Kier alpha value is -3.12. The number of hydrogen-bond acceptors (Lipinski definition) is 4. The van der Waals surface area contributed by atoms with Crippen LogP contribution in [-0.4, -0.2) is 35.4 Å². The molecule has 2 N–H and O–H groups in total. The number of amides is 1. The standard InChI is InChI=1S/C25H30N4O2/c1-4-31-22-9-6-20(7-10-22)28-25(30)23-16-27-29(21-8-5-17(2)18(3)15-21)24(23)19-11-13-26-14-12-19/h5-10,15-16,19,26H,4,11-14H2,1-3H3,(H,28,30). The predicted octanol–water partition coefficient (Wildman–Crippen LogP) is 4.61. The summed E-state index contributed by atoms with van der Waals surface area (Å²) in [4.78, 5) is 13.2. The summed E-state index contributed by atoms with van der Waals surface area (Å²) in [6.07, 6.45) is 3.68. The number of benzene rings is 2. The molecule has 0 atom stereocenters. The molecule has 1 amide bonds. The smallest absolute Gasteiger partial charge is 0.259 e. The monoisotopic (exact) mass is 418 g/mol. The highest BCUT2D eigenvalue weighted by Gasteiger charge is 2.27. The molecule has 2 aromatic carbocycles. The topological polar surface area (TPSA) is 68.2 Å². The zero-order valence-corrected chi connectivity index (χ0v) is 18.4. The number of anilines is 1. The van der Waals surface area contributed by atoms with Crippen LogP contribution in [-0.2, 0) is 0 Å². The Morgan fingerprint density at radius 2 is 1.87 bits per heavy atom. The minimum atomic E-state index is -0.132. The van der Waals surface area contributed by atoms with Crippen molar-refractivity contribution in [2.45, 2.75) is 39.5 Å². The van der Waals surface area contributed by atoms with E-state index in [1.54, 1.807) is 6.20 Å². The molecule has 31 heavy (non-hydrogen) atoms. The molecule has 0 spiro atoms. The molecule has 6 nitrogen and oxygen atoms in total. The molecule has 1 fully saturated rings. The van der Waals surface area contributed by atoms with Gasteiger partial charge in [0.2, 0.25) is 0 Å². The zero-order chi connectivity index (χ0) is 21.8. The molecule has 0 bridgehead atoms. The number of piperidine rings is 1. The third-order valence-electron chi connectivity index (χ3n) is 5.94. The molecule has 0 aliphatic carbocycles. The fraction of sp³-hybridized carbons (Fsp3) is 0.360. The van der Waals surface area contributed by atoms with Gasteiger partial charge in [-0.05, 0) is 94.2 Å². The lowest BCUT2D eigenvalue weighted by atomic mass is 9.91. The van der Waals surface area contributed by atoms with Gasteiger partial charge in [-0.3, -0.25) is 4.79 Å². The van der Waals surface area contributed by atoms with Crippen molar-refractivity contribution in [3.8, 4) is 11.4 Å². The van der Waals surface area contributed by atoms with Crippen LogP contribution in [0.4, 0.5) is 5.69 Å². The van der Waals surface area contributed by atoms with E-state index in [9.17, 15) is 4.79 Å². The Bertz CT molecular complexity index is 1050. The number of aromatic nitrogens is 2. The Balaban J connectivity index is 1.66. The second kappa shape index (κ2) is 9.35. The second-order valence-electron chi connectivity index (χ2n) is 8.06. The number of rotatable bonds is 6. The van der Waals surface area contributed by atoms with E-state index in [0.717, 1.165) is 48.7 Å². The van der Waals surface area contributed by atoms with E-state index >= 15 is 0 Å². The van der Waals surface area contributed by atoms with Crippen LogP contribution < -0.4 is 15.4 Å². The average Bonchev–Trinajstić information content (AvgIpc) is 3.23. The van der Waals surface area contributed by atoms with Crippen LogP contribution in [0.1, 0.15) is 52.9 Å². The van der Waals surface area contributed by atoms with Gasteiger partial charge >= 0.3 is 0 Å². The van der Waals surface area contributed by atoms with Crippen molar-refractivity contribution in [1.82, 2.24) is 15.1 Å². The van der Waals surface area contributed by atoms with E-state index in [1.165, 1.54) is 11.1 Å². The maximum Gasteiger partial charge on any atom is 0.259 e.